The van der Waals surface area contributed by atoms with Crippen molar-refractivity contribution in [1.29, 1.82) is 0 Å². The van der Waals surface area contributed by atoms with Gasteiger partial charge in [-0.1, -0.05) is 12.5 Å². The maximum absolute atomic E-state index is 12.2. The first kappa shape index (κ1) is 11.2. The van der Waals surface area contributed by atoms with E-state index in [0.29, 0.717) is 0 Å². The number of H-pyrrole nitrogens is 1. The molecule has 5 nitrogen and oxygen atoms in total. The zero-order valence-corrected chi connectivity index (χ0v) is 10.0. The minimum Gasteiger partial charge on any atom is -0.327 e. The van der Waals surface area contributed by atoms with Crippen LogP contribution in [0, 0.1) is 5.92 Å². The molecule has 0 saturated heterocycles. The third-order valence-corrected chi connectivity index (χ3v) is 3.65. The summed E-state index contributed by atoms with van der Waals surface area (Å²) in [6.45, 7) is 0. The summed E-state index contributed by atoms with van der Waals surface area (Å²) in [7, 11) is 0. The lowest BCUT2D eigenvalue weighted by atomic mass is 10.0. The molecular formula is C13H16N4O. The number of carbonyl (C=O) groups is 1. The fraction of sp³-hybridized carbons (Fsp3) is 0.385. The van der Waals surface area contributed by atoms with Crippen molar-refractivity contribution >= 4 is 22.5 Å². The number of aromatic amines is 1. The molecule has 2 atom stereocenters. The third-order valence-electron chi connectivity index (χ3n) is 3.65. The van der Waals surface area contributed by atoms with Crippen molar-refractivity contribution in [2.75, 3.05) is 5.32 Å². The molecule has 3 rings (SSSR count). The average molecular weight is 244 g/mol. The predicted molar refractivity (Wildman–Crippen MR) is 70.0 cm³/mol. The largest absolute Gasteiger partial charge is 0.327 e. The number of rotatable bonds is 2. The van der Waals surface area contributed by atoms with E-state index in [-0.39, 0.29) is 17.9 Å². The fourth-order valence-corrected chi connectivity index (χ4v) is 2.62. The summed E-state index contributed by atoms with van der Waals surface area (Å²) in [4.78, 5) is 12.2. The maximum atomic E-state index is 12.2. The smallest absolute Gasteiger partial charge is 0.229 e. The monoisotopic (exact) mass is 244 g/mol. The van der Waals surface area contributed by atoms with Crippen LogP contribution in [0.15, 0.2) is 24.4 Å². The Hall–Kier alpha value is -1.88. The summed E-state index contributed by atoms with van der Waals surface area (Å²) in [5, 5.41) is 10.8. The molecule has 4 N–H and O–H groups in total. The second kappa shape index (κ2) is 4.42. The van der Waals surface area contributed by atoms with Gasteiger partial charge in [-0.3, -0.25) is 9.89 Å². The molecule has 0 radical (unpaired) electrons. The summed E-state index contributed by atoms with van der Waals surface area (Å²) in [6.07, 6.45) is 4.58. The van der Waals surface area contributed by atoms with Gasteiger partial charge in [-0.15, -0.1) is 0 Å². The van der Waals surface area contributed by atoms with Crippen LogP contribution in [0.1, 0.15) is 19.3 Å². The van der Waals surface area contributed by atoms with Gasteiger partial charge >= 0.3 is 0 Å². The molecule has 94 valence electrons. The van der Waals surface area contributed by atoms with Gasteiger partial charge in [-0.05, 0) is 25.0 Å². The van der Waals surface area contributed by atoms with Gasteiger partial charge < -0.3 is 11.1 Å². The van der Waals surface area contributed by atoms with Crippen molar-refractivity contribution in [2.45, 2.75) is 25.3 Å². The fourth-order valence-electron chi connectivity index (χ4n) is 2.62. The minimum atomic E-state index is -0.0628. The Labute approximate surface area is 105 Å². The van der Waals surface area contributed by atoms with Crippen LogP contribution >= 0.6 is 0 Å². The van der Waals surface area contributed by atoms with E-state index in [4.69, 9.17) is 5.73 Å². The first-order valence-corrected chi connectivity index (χ1v) is 6.24. The van der Waals surface area contributed by atoms with Gasteiger partial charge in [0.1, 0.15) is 0 Å². The van der Waals surface area contributed by atoms with Crippen LogP contribution in [0.3, 0.4) is 0 Å². The van der Waals surface area contributed by atoms with E-state index in [0.717, 1.165) is 35.9 Å². The first-order chi connectivity index (χ1) is 8.75. The SMILES string of the molecule is NC1CCCC1C(=O)Nc1cccc2[nH]ncc12. The van der Waals surface area contributed by atoms with Crippen molar-refractivity contribution in [1.82, 2.24) is 10.2 Å². The average Bonchev–Trinajstić information content (AvgIpc) is 2.97. The summed E-state index contributed by atoms with van der Waals surface area (Å²) in [6, 6.07) is 5.70. The number of aromatic nitrogens is 2. The maximum Gasteiger partial charge on any atom is 0.229 e. The Kier molecular flexibility index (Phi) is 2.76. The van der Waals surface area contributed by atoms with Crippen molar-refractivity contribution in [2.24, 2.45) is 11.7 Å². The van der Waals surface area contributed by atoms with Crippen LogP contribution in [0.2, 0.25) is 0 Å². The van der Waals surface area contributed by atoms with Crippen LogP contribution in [0.4, 0.5) is 5.69 Å². The number of benzene rings is 1. The van der Waals surface area contributed by atoms with Crippen LogP contribution in [-0.4, -0.2) is 22.1 Å². The van der Waals surface area contributed by atoms with E-state index in [1.807, 2.05) is 18.2 Å². The molecule has 0 aliphatic heterocycles. The number of fused-ring (bicyclic) bond motifs is 1. The Morgan fingerprint density at radius 3 is 3.11 bits per heavy atom. The molecule has 0 bridgehead atoms. The number of nitrogens with zero attached hydrogens (tertiary/aromatic N) is 1. The van der Waals surface area contributed by atoms with E-state index >= 15 is 0 Å². The van der Waals surface area contributed by atoms with Crippen molar-refractivity contribution in [3.05, 3.63) is 24.4 Å². The van der Waals surface area contributed by atoms with Gasteiger partial charge in [0.25, 0.3) is 0 Å². The van der Waals surface area contributed by atoms with Gasteiger partial charge in [0, 0.05) is 11.4 Å². The molecule has 2 aromatic rings. The number of nitrogens with two attached hydrogens (primary N) is 1. The molecular weight excluding hydrogens is 228 g/mol. The third kappa shape index (κ3) is 1.86. The van der Waals surface area contributed by atoms with Gasteiger partial charge in [0.05, 0.1) is 23.3 Å². The highest BCUT2D eigenvalue weighted by Crippen LogP contribution is 2.27. The number of hydrogen-bond donors (Lipinski definition) is 3. The van der Waals surface area contributed by atoms with Gasteiger partial charge in [-0.2, -0.15) is 5.10 Å². The molecule has 0 spiro atoms. The van der Waals surface area contributed by atoms with Crippen LogP contribution in [0.25, 0.3) is 10.9 Å². The second-order valence-electron chi connectivity index (χ2n) is 4.83. The summed E-state index contributed by atoms with van der Waals surface area (Å²) in [5.74, 6) is -0.0409. The lowest BCUT2D eigenvalue weighted by Gasteiger charge is -2.15. The standard InChI is InChI=1S/C13H16N4O/c14-10-4-1-3-8(10)13(18)16-11-5-2-6-12-9(11)7-15-17-12/h2,5-8,10H,1,3-4,14H2,(H,15,17)(H,16,18). The van der Waals surface area contributed by atoms with E-state index < -0.39 is 0 Å². The molecule has 1 aliphatic rings. The minimum absolute atomic E-state index is 0.00597. The summed E-state index contributed by atoms with van der Waals surface area (Å²) < 4.78 is 0. The lowest BCUT2D eigenvalue weighted by Crippen LogP contribution is -2.34. The number of hydrogen-bond acceptors (Lipinski definition) is 3. The summed E-state index contributed by atoms with van der Waals surface area (Å²) >= 11 is 0. The highest BCUT2D eigenvalue weighted by atomic mass is 16.1. The topological polar surface area (TPSA) is 83.8 Å². The molecule has 1 fully saturated rings. The highest BCUT2D eigenvalue weighted by molar-refractivity contribution is 6.01. The summed E-state index contributed by atoms with van der Waals surface area (Å²) in [5.41, 5.74) is 7.66. The molecule has 1 aromatic heterocycles. The predicted octanol–water partition coefficient (Wildman–Crippen LogP) is 1.63. The Bertz CT molecular complexity index is 577. The Balaban J connectivity index is 1.84. The molecule has 1 amide bonds. The van der Waals surface area contributed by atoms with Crippen LogP contribution in [0.5, 0.6) is 0 Å². The Morgan fingerprint density at radius 2 is 2.33 bits per heavy atom. The van der Waals surface area contributed by atoms with Gasteiger partial charge in [0.15, 0.2) is 0 Å². The first-order valence-electron chi connectivity index (χ1n) is 6.24. The molecule has 2 unspecified atom stereocenters. The van der Waals surface area contributed by atoms with Crippen molar-refractivity contribution in [3.8, 4) is 0 Å². The van der Waals surface area contributed by atoms with E-state index in [1.165, 1.54) is 0 Å². The molecule has 18 heavy (non-hydrogen) atoms. The van der Waals surface area contributed by atoms with E-state index in [2.05, 4.69) is 15.5 Å². The van der Waals surface area contributed by atoms with Gasteiger partial charge in [0.2, 0.25) is 5.91 Å². The highest BCUT2D eigenvalue weighted by Gasteiger charge is 2.30. The number of anilines is 1. The molecule has 1 saturated carbocycles. The zero-order chi connectivity index (χ0) is 12.5. The number of carbonyl (C=O) groups excluding carboxylic acids is 1. The second-order valence-corrected chi connectivity index (χ2v) is 4.83. The van der Waals surface area contributed by atoms with Crippen molar-refractivity contribution < 1.29 is 4.79 Å². The zero-order valence-electron chi connectivity index (χ0n) is 10.0. The van der Waals surface area contributed by atoms with Gasteiger partial charge in [-0.25, -0.2) is 0 Å². The van der Waals surface area contributed by atoms with Crippen molar-refractivity contribution in [3.63, 3.8) is 0 Å². The number of amides is 1. The normalized spacial score (nSPS) is 23.4. The lowest BCUT2D eigenvalue weighted by molar-refractivity contribution is -0.120. The van der Waals surface area contributed by atoms with E-state index in [1.54, 1.807) is 6.20 Å². The van der Waals surface area contributed by atoms with Crippen LogP contribution in [-0.2, 0) is 4.79 Å². The quantitative estimate of drug-likeness (QED) is 0.750. The molecule has 5 heteroatoms. The number of nitrogens with one attached hydrogen (secondary N) is 2. The molecule has 1 heterocycles. The van der Waals surface area contributed by atoms with E-state index in [9.17, 15) is 4.79 Å². The molecule has 1 aromatic carbocycles. The molecule has 1 aliphatic carbocycles. The van der Waals surface area contributed by atoms with Crippen LogP contribution < -0.4 is 11.1 Å². The Morgan fingerprint density at radius 1 is 1.44 bits per heavy atom.